The van der Waals surface area contributed by atoms with Gasteiger partial charge in [-0.05, 0) is 18.2 Å². The minimum Gasteiger partial charge on any atom is -0.329 e. The Hall–Kier alpha value is -2.73. The van der Waals surface area contributed by atoms with Crippen LogP contribution in [0.5, 0.6) is 0 Å². The Labute approximate surface area is 142 Å². The second-order valence-electron chi connectivity index (χ2n) is 4.72. The highest BCUT2D eigenvalue weighted by Crippen LogP contribution is 2.31. The van der Waals surface area contributed by atoms with Crippen molar-refractivity contribution in [2.75, 3.05) is 7.11 Å². The highest BCUT2D eigenvalue weighted by Gasteiger charge is 2.38. The van der Waals surface area contributed by atoms with Gasteiger partial charge in [-0.3, -0.25) is 14.3 Å². The van der Waals surface area contributed by atoms with Gasteiger partial charge in [0.2, 0.25) is 5.82 Å². The summed E-state index contributed by atoms with van der Waals surface area (Å²) in [5.41, 5.74) is 2.32. The van der Waals surface area contributed by atoms with Gasteiger partial charge in [0.25, 0.3) is 5.91 Å². The van der Waals surface area contributed by atoms with E-state index in [-0.39, 0.29) is 11.5 Å². The summed E-state index contributed by atoms with van der Waals surface area (Å²) in [5, 5.41) is 7.41. The molecular weight excluding hydrogens is 363 g/mol. The van der Waals surface area contributed by atoms with Crippen LogP contribution in [0.1, 0.15) is 21.3 Å². The SMILES string of the molecule is CONC(=O)c1ccn(Cc2ccc(-c3noc(C(F)(F)F)n3)s2)n1. The molecule has 0 radical (unpaired) electrons. The molecule has 0 aliphatic rings. The number of carbonyl (C=O) groups excluding carboxylic acids is 1. The summed E-state index contributed by atoms with van der Waals surface area (Å²) in [6.07, 6.45) is -3.08. The summed E-state index contributed by atoms with van der Waals surface area (Å²) in [5.74, 6) is -2.01. The smallest absolute Gasteiger partial charge is 0.329 e. The number of nitrogens with one attached hydrogen (secondary N) is 1. The van der Waals surface area contributed by atoms with Crippen molar-refractivity contribution in [1.82, 2.24) is 25.4 Å². The molecule has 3 heterocycles. The van der Waals surface area contributed by atoms with E-state index in [0.29, 0.717) is 11.4 Å². The molecule has 12 heteroatoms. The van der Waals surface area contributed by atoms with Gasteiger partial charge in [0, 0.05) is 11.1 Å². The molecule has 3 aromatic rings. The van der Waals surface area contributed by atoms with Gasteiger partial charge in [0.1, 0.15) is 0 Å². The van der Waals surface area contributed by atoms with Gasteiger partial charge in [-0.15, -0.1) is 11.3 Å². The molecule has 0 aliphatic heterocycles. The highest BCUT2D eigenvalue weighted by atomic mass is 32.1. The number of amides is 1. The van der Waals surface area contributed by atoms with Crippen molar-refractivity contribution >= 4 is 17.2 Å². The Kier molecular flexibility index (Phi) is 4.55. The zero-order valence-corrected chi connectivity index (χ0v) is 13.4. The van der Waals surface area contributed by atoms with Crippen molar-refractivity contribution in [2.24, 2.45) is 0 Å². The van der Waals surface area contributed by atoms with E-state index in [4.69, 9.17) is 0 Å². The van der Waals surface area contributed by atoms with Crippen molar-refractivity contribution in [1.29, 1.82) is 0 Å². The average Bonchev–Trinajstić information content (AvgIpc) is 3.27. The molecule has 0 fully saturated rings. The van der Waals surface area contributed by atoms with Crippen LogP contribution in [0.3, 0.4) is 0 Å². The number of hydrogen-bond acceptors (Lipinski definition) is 7. The predicted molar refractivity (Wildman–Crippen MR) is 78.4 cm³/mol. The van der Waals surface area contributed by atoms with Crippen LogP contribution in [0, 0.1) is 0 Å². The Balaban J connectivity index is 1.72. The van der Waals surface area contributed by atoms with Crippen molar-refractivity contribution < 1.29 is 27.3 Å². The standard InChI is InChI=1S/C13H10F3N5O3S/c1-23-20-11(22)8-4-5-21(18-8)6-7-2-3-9(25-7)10-17-12(24-19-10)13(14,15)16/h2-5H,6H2,1H3,(H,20,22). The van der Waals surface area contributed by atoms with Crippen LogP contribution in [0.4, 0.5) is 13.2 Å². The molecule has 0 aliphatic carbocycles. The number of alkyl halides is 3. The number of nitrogens with zero attached hydrogens (tertiary/aromatic N) is 4. The molecule has 3 aromatic heterocycles. The van der Waals surface area contributed by atoms with E-state index in [1.807, 2.05) is 0 Å². The van der Waals surface area contributed by atoms with Crippen LogP contribution in [0.15, 0.2) is 28.9 Å². The third-order valence-corrected chi connectivity index (χ3v) is 4.00. The lowest BCUT2D eigenvalue weighted by Crippen LogP contribution is -2.22. The van der Waals surface area contributed by atoms with Crippen molar-refractivity contribution in [2.45, 2.75) is 12.7 Å². The van der Waals surface area contributed by atoms with E-state index < -0.39 is 18.0 Å². The summed E-state index contributed by atoms with van der Waals surface area (Å²) < 4.78 is 43.2. The Bertz CT molecular complexity index is 885. The Morgan fingerprint density at radius 1 is 1.40 bits per heavy atom. The molecule has 8 nitrogen and oxygen atoms in total. The first-order chi connectivity index (χ1) is 11.9. The molecule has 0 spiro atoms. The number of aromatic nitrogens is 4. The van der Waals surface area contributed by atoms with Gasteiger partial charge in [0.15, 0.2) is 5.69 Å². The van der Waals surface area contributed by atoms with E-state index in [2.05, 4.69) is 30.1 Å². The first kappa shape index (κ1) is 17.1. The van der Waals surface area contributed by atoms with E-state index >= 15 is 0 Å². The van der Waals surface area contributed by atoms with Crippen molar-refractivity contribution in [3.8, 4) is 10.7 Å². The minimum absolute atomic E-state index is 0.135. The molecule has 0 saturated carbocycles. The Morgan fingerprint density at radius 3 is 2.88 bits per heavy atom. The van der Waals surface area contributed by atoms with Gasteiger partial charge < -0.3 is 4.52 Å². The van der Waals surface area contributed by atoms with Gasteiger partial charge in [-0.25, -0.2) is 5.48 Å². The van der Waals surface area contributed by atoms with Crippen LogP contribution in [0.2, 0.25) is 0 Å². The normalized spacial score (nSPS) is 11.7. The largest absolute Gasteiger partial charge is 0.471 e. The van der Waals surface area contributed by atoms with Gasteiger partial charge in [-0.2, -0.15) is 23.3 Å². The molecular formula is C13H10F3N5O3S. The highest BCUT2D eigenvalue weighted by molar-refractivity contribution is 7.15. The van der Waals surface area contributed by atoms with Crippen LogP contribution in [-0.4, -0.2) is 32.9 Å². The lowest BCUT2D eigenvalue weighted by molar-refractivity contribution is -0.159. The molecule has 0 atom stereocenters. The fourth-order valence-corrected chi connectivity index (χ4v) is 2.82. The lowest BCUT2D eigenvalue weighted by atomic mass is 10.4. The van der Waals surface area contributed by atoms with E-state index in [1.54, 1.807) is 18.3 Å². The van der Waals surface area contributed by atoms with Crippen LogP contribution in [0.25, 0.3) is 10.7 Å². The monoisotopic (exact) mass is 373 g/mol. The van der Waals surface area contributed by atoms with E-state index in [9.17, 15) is 18.0 Å². The molecule has 0 bridgehead atoms. The number of hydroxylamine groups is 1. The average molecular weight is 373 g/mol. The van der Waals surface area contributed by atoms with E-state index in [1.165, 1.54) is 29.2 Å². The second-order valence-corrected chi connectivity index (χ2v) is 5.89. The first-order valence-corrected chi connectivity index (χ1v) is 7.55. The molecule has 0 saturated heterocycles. The summed E-state index contributed by atoms with van der Waals surface area (Å²) in [4.78, 5) is 20.6. The topological polar surface area (TPSA) is 95.1 Å². The molecule has 1 N–H and O–H groups in total. The lowest BCUT2D eigenvalue weighted by Gasteiger charge is -1.99. The fraction of sp³-hybridized carbons (Fsp3) is 0.231. The van der Waals surface area contributed by atoms with Crippen molar-refractivity contribution in [3.63, 3.8) is 0 Å². The maximum absolute atomic E-state index is 12.5. The zero-order valence-electron chi connectivity index (χ0n) is 12.6. The van der Waals surface area contributed by atoms with Gasteiger partial charge >= 0.3 is 12.1 Å². The zero-order chi connectivity index (χ0) is 18.0. The second kappa shape index (κ2) is 6.64. The molecule has 0 unspecified atom stereocenters. The predicted octanol–water partition coefficient (Wildman–Crippen LogP) is 2.35. The molecule has 3 rings (SSSR count). The number of rotatable bonds is 5. The van der Waals surface area contributed by atoms with E-state index in [0.717, 1.165) is 4.88 Å². The Morgan fingerprint density at radius 2 is 2.20 bits per heavy atom. The molecule has 132 valence electrons. The molecule has 25 heavy (non-hydrogen) atoms. The summed E-state index contributed by atoms with van der Waals surface area (Å²) in [7, 11) is 1.31. The van der Waals surface area contributed by atoms with Crippen LogP contribution in [-0.2, 0) is 17.6 Å². The molecule has 0 aromatic carbocycles. The molecule has 1 amide bonds. The number of carbonyl (C=O) groups is 1. The summed E-state index contributed by atoms with van der Waals surface area (Å²) in [6.45, 7) is 0.328. The summed E-state index contributed by atoms with van der Waals surface area (Å²) >= 11 is 1.19. The number of halogens is 3. The van der Waals surface area contributed by atoms with Crippen LogP contribution >= 0.6 is 11.3 Å². The quantitative estimate of drug-likeness (QED) is 0.690. The maximum Gasteiger partial charge on any atom is 0.471 e. The maximum atomic E-state index is 12.5. The van der Waals surface area contributed by atoms with Gasteiger partial charge in [-0.1, -0.05) is 5.16 Å². The van der Waals surface area contributed by atoms with Crippen molar-refractivity contribution in [3.05, 3.63) is 40.9 Å². The summed E-state index contributed by atoms with van der Waals surface area (Å²) in [6, 6.07) is 4.81. The third kappa shape index (κ3) is 3.85. The van der Waals surface area contributed by atoms with Gasteiger partial charge in [0.05, 0.1) is 18.5 Å². The number of thiophene rings is 1. The number of hydrogen-bond donors (Lipinski definition) is 1. The first-order valence-electron chi connectivity index (χ1n) is 6.73. The fourth-order valence-electron chi connectivity index (χ4n) is 1.90. The minimum atomic E-state index is -4.68. The third-order valence-electron chi connectivity index (χ3n) is 2.94. The van der Waals surface area contributed by atoms with Crippen LogP contribution < -0.4 is 5.48 Å².